The SMILES string of the molecule is COC(C)(c1cc(-c2nccs2)c2oc(N3CC4CC(C3)N4C(=O)OC(C)(C)C)nc2c1)C(F)(F)F. The maximum absolute atomic E-state index is 14.0. The van der Waals surface area contributed by atoms with Crippen molar-refractivity contribution < 1.29 is 31.9 Å². The van der Waals surface area contributed by atoms with Crippen molar-refractivity contribution in [2.45, 2.75) is 63.6 Å². The topological polar surface area (TPSA) is 80.9 Å². The number of piperidine rings is 1. The van der Waals surface area contributed by atoms with E-state index in [1.807, 2.05) is 25.7 Å². The van der Waals surface area contributed by atoms with E-state index in [2.05, 4.69) is 9.97 Å². The number of halogens is 3. The minimum atomic E-state index is -4.65. The second kappa shape index (κ2) is 8.34. The average molecular weight is 525 g/mol. The first kappa shape index (κ1) is 24.8. The molecule has 1 aromatic carbocycles. The highest BCUT2D eigenvalue weighted by Crippen LogP contribution is 2.45. The molecule has 2 aromatic heterocycles. The lowest BCUT2D eigenvalue weighted by atomic mass is 9.88. The van der Waals surface area contributed by atoms with E-state index in [0.717, 1.165) is 20.5 Å². The summed E-state index contributed by atoms with van der Waals surface area (Å²) in [6.45, 7) is 7.44. The van der Waals surface area contributed by atoms with Gasteiger partial charge in [-0.15, -0.1) is 11.3 Å². The lowest BCUT2D eigenvalue weighted by molar-refractivity contribution is -0.269. The molecule has 1 amide bonds. The number of fused-ring (bicyclic) bond motifs is 3. The van der Waals surface area contributed by atoms with Gasteiger partial charge in [-0.3, -0.25) is 4.90 Å². The average Bonchev–Trinajstić information content (AvgIpc) is 3.45. The summed E-state index contributed by atoms with van der Waals surface area (Å²) in [5.74, 6) is 0. The molecule has 0 spiro atoms. The Morgan fingerprint density at radius 3 is 2.42 bits per heavy atom. The van der Waals surface area contributed by atoms with Crippen molar-refractivity contribution in [2.24, 2.45) is 0 Å². The van der Waals surface area contributed by atoms with Crippen LogP contribution in [-0.2, 0) is 15.1 Å². The fourth-order valence-corrected chi connectivity index (χ4v) is 5.37. The van der Waals surface area contributed by atoms with Crippen LogP contribution >= 0.6 is 11.3 Å². The van der Waals surface area contributed by atoms with Gasteiger partial charge in [-0.2, -0.15) is 18.2 Å². The maximum atomic E-state index is 14.0. The highest BCUT2D eigenvalue weighted by Gasteiger charge is 2.54. The van der Waals surface area contributed by atoms with Gasteiger partial charge in [0.05, 0.1) is 17.6 Å². The summed E-state index contributed by atoms with van der Waals surface area (Å²) in [7, 11) is 1.03. The second-order valence-electron chi connectivity index (χ2n) is 10.3. The third-order valence-corrected chi connectivity index (χ3v) is 7.52. The largest absolute Gasteiger partial charge is 0.444 e. The van der Waals surface area contributed by atoms with E-state index in [4.69, 9.17) is 13.9 Å². The molecular formula is C24H27F3N4O4S. The van der Waals surface area contributed by atoms with E-state index < -0.39 is 17.4 Å². The highest BCUT2D eigenvalue weighted by molar-refractivity contribution is 7.13. The zero-order valence-electron chi connectivity index (χ0n) is 20.5. The molecule has 3 fully saturated rings. The molecule has 3 atom stereocenters. The number of anilines is 1. The summed E-state index contributed by atoms with van der Waals surface area (Å²) in [4.78, 5) is 25.1. The summed E-state index contributed by atoms with van der Waals surface area (Å²) in [5.41, 5.74) is -2.16. The number of hydrogen-bond donors (Lipinski definition) is 0. The summed E-state index contributed by atoms with van der Waals surface area (Å²) in [6, 6.07) is 2.96. The Morgan fingerprint density at radius 2 is 1.86 bits per heavy atom. The van der Waals surface area contributed by atoms with Crippen LogP contribution in [0, 0.1) is 0 Å². The first-order valence-electron chi connectivity index (χ1n) is 11.5. The molecule has 0 radical (unpaired) electrons. The first-order valence-corrected chi connectivity index (χ1v) is 12.4. The lowest BCUT2D eigenvalue weighted by Crippen LogP contribution is -2.70. The van der Waals surface area contributed by atoms with E-state index in [1.165, 1.54) is 23.5 Å². The van der Waals surface area contributed by atoms with Gasteiger partial charge in [0.1, 0.15) is 16.1 Å². The standard InChI is InChI=1S/C24H27F3N4O4S/c1-22(2,3)35-21(32)31-14-10-15(31)12-30(11-14)20-29-17-9-13(23(4,33-5)24(25,26)27)8-16(18(17)34-20)19-28-6-7-36-19/h6-9,14-15H,10-12H2,1-5H3. The number of carbonyl (C=O) groups is 1. The van der Waals surface area contributed by atoms with Crippen molar-refractivity contribution in [3.05, 3.63) is 29.3 Å². The number of rotatable bonds is 4. The van der Waals surface area contributed by atoms with E-state index in [0.29, 0.717) is 35.3 Å². The predicted octanol–water partition coefficient (Wildman–Crippen LogP) is 5.57. The summed E-state index contributed by atoms with van der Waals surface area (Å²) >= 11 is 1.29. The Labute approximate surface area is 210 Å². The molecule has 2 bridgehead atoms. The molecule has 3 saturated heterocycles. The smallest absolute Gasteiger partial charge is 0.421 e. The second-order valence-corrected chi connectivity index (χ2v) is 11.2. The van der Waals surface area contributed by atoms with Crippen molar-refractivity contribution in [1.29, 1.82) is 0 Å². The Bertz CT molecular complexity index is 1270. The van der Waals surface area contributed by atoms with Gasteiger partial charge in [-0.05, 0) is 51.8 Å². The number of methoxy groups -OCH3 is 1. The molecular weight excluding hydrogens is 497 g/mol. The number of ether oxygens (including phenoxy) is 2. The molecule has 0 saturated carbocycles. The quantitative estimate of drug-likeness (QED) is 0.441. The zero-order chi connectivity index (χ0) is 26.0. The zero-order valence-corrected chi connectivity index (χ0v) is 21.4. The van der Waals surface area contributed by atoms with Crippen molar-refractivity contribution in [3.8, 4) is 10.6 Å². The molecule has 6 rings (SSSR count). The van der Waals surface area contributed by atoms with Crippen LogP contribution in [0.2, 0.25) is 0 Å². The number of alkyl halides is 3. The van der Waals surface area contributed by atoms with Crippen LogP contribution in [0.5, 0.6) is 0 Å². The predicted molar refractivity (Wildman–Crippen MR) is 128 cm³/mol. The van der Waals surface area contributed by atoms with Crippen LogP contribution in [0.25, 0.3) is 21.7 Å². The lowest BCUT2D eigenvalue weighted by Gasteiger charge is -2.55. The number of piperazine rings is 1. The van der Waals surface area contributed by atoms with E-state index in [1.54, 1.807) is 16.5 Å². The van der Waals surface area contributed by atoms with E-state index in [-0.39, 0.29) is 29.3 Å². The Hall–Kier alpha value is -2.86. The van der Waals surface area contributed by atoms with Crippen LogP contribution < -0.4 is 4.90 Å². The van der Waals surface area contributed by atoms with Gasteiger partial charge in [0.15, 0.2) is 11.2 Å². The van der Waals surface area contributed by atoms with Gasteiger partial charge >= 0.3 is 12.3 Å². The molecule has 12 heteroatoms. The molecule has 8 nitrogen and oxygen atoms in total. The van der Waals surface area contributed by atoms with Crippen LogP contribution in [0.15, 0.2) is 28.1 Å². The molecule has 3 aromatic rings. The minimum absolute atomic E-state index is 0.0513. The van der Waals surface area contributed by atoms with E-state index in [9.17, 15) is 18.0 Å². The molecule has 3 unspecified atom stereocenters. The van der Waals surface area contributed by atoms with Gasteiger partial charge in [-0.1, -0.05) is 0 Å². The van der Waals surface area contributed by atoms with Gasteiger partial charge < -0.3 is 18.8 Å². The van der Waals surface area contributed by atoms with Crippen LogP contribution in [0.4, 0.5) is 24.0 Å². The van der Waals surface area contributed by atoms with Crippen molar-refractivity contribution >= 4 is 34.5 Å². The maximum Gasteiger partial charge on any atom is 0.421 e. The summed E-state index contributed by atoms with van der Waals surface area (Å²) < 4.78 is 58.5. The van der Waals surface area contributed by atoms with E-state index >= 15 is 0 Å². The molecule has 3 aliphatic rings. The normalized spacial score (nSPS) is 21.9. The van der Waals surface area contributed by atoms with Crippen molar-refractivity contribution in [2.75, 3.05) is 25.1 Å². The number of nitrogens with zero attached hydrogens (tertiary/aromatic N) is 4. The van der Waals surface area contributed by atoms with Crippen molar-refractivity contribution in [3.63, 3.8) is 0 Å². The van der Waals surface area contributed by atoms with Gasteiger partial charge in [0.25, 0.3) is 6.01 Å². The number of hydrogen-bond acceptors (Lipinski definition) is 8. The Balaban J connectivity index is 1.49. The van der Waals surface area contributed by atoms with Crippen molar-refractivity contribution in [1.82, 2.24) is 14.9 Å². The van der Waals surface area contributed by atoms with Gasteiger partial charge in [0.2, 0.25) is 0 Å². The minimum Gasteiger partial charge on any atom is -0.444 e. The third-order valence-electron chi connectivity index (χ3n) is 6.71. The Morgan fingerprint density at radius 1 is 1.17 bits per heavy atom. The van der Waals surface area contributed by atoms with Crippen LogP contribution in [0.3, 0.4) is 0 Å². The Kier molecular flexibility index (Phi) is 5.75. The molecule has 36 heavy (non-hydrogen) atoms. The van der Waals surface area contributed by atoms with Gasteiger partial charge in [-0.25, -0.2) is 9.78 Å². The third kappa shape index (κ3) is 4.09. The fourth-order valence-electron chi connectivity index (χ4n) is 4.72. The monoisotopic (exact) mass is 524 g/mol. The molecule has 0 aliphatic carbocycles. The number of amides is 1. The molecule has 194 valence electrons. The number of aromatic nitrogens is 2. The van der Waals surface area contributed by atoms with Crippen LogP contribution in [-0.4, -0.2) is 65.0 Å². The molecule has 3 aliphatic heterocycles. The number of oxazole rings is 1. The fraction of sp³-hybridized carbons (Fsp3) is 0.542. The highest BCUT2D eigenvalue weighted by atomic mass is 32.1. The van der Waals surface area contributed by atoms with Crippen LogP contribution in [0.1, 0.15) is 39.7 Å². The molecule has 5 heterocycles. The number of thiazole rings is 1. The number of carbonyl (C=O) groups excluding carboxylic acids is 1. The summed E-state index contributed by atoms with van der Waals surface area (Å²) in [6.07, 6.45) is -2.56. The number of benzene rings is 1. The molecule has 0 N–H and O–H groups in total. The first-order chi connectivity index (χ1) is 16.8. The summed E-state index contributed by atoms with van der Waals surface area (Å²) in [5, 5.41) is 2.26. The van der Waals surface area contributed by atoms with Gasteiger partial charge in [0, 0.05) is 31.8 Å².